The number of imidazole rings is 1. The van der Waals surface area contributed by atoms with Crippen LogP contribution < -0.4 is 5.32 Å². The second kappa shape index (κ2) is 4.31. The molecule has 15 heavy (non-hydrogen) atoms. The summed E-state index contributed by atoms with van der Waals surface area (Å²) in [7, 11) is 0. The maximum atomic E-state index is 11.5. The molecule has 0 bridgehead atoms. The molecule has 78 valence electrons. The van der Waals surface area contributed by atoms with Gasteiger partial charge < -0.3 is 14.7 Å². The van der Waals surface area contributed by atoms with Crippen molar-refractivity contribution in [2.24, 2.45) is 0 Å². The van der Waals surface area contributed by atoms with Gasteiger partial charge in [0.1, 0.15) is 12.1 Å². The second-order valence-electron chi connectivity index (χ2n) is 2.86. The third kappa shape index (κ3) is 2.47. The number of rotatable bonds is 3. The zero-order chi connectivity index (χ0) is 10.7. The van der Waals surface area contributed by atoms with Gasteiger partial charge in [0.05, 0.1) is 12.1 Å². The molecule has 0 aromatic carbocycles. The quantitative estimate of drug-likeness (QED) is 0.891. The fourth-order valence-electron chi connectivity index (χ4n) is 1.09. The summed E-state index contributed by atoms with van der Waals surface area (Å²) >= 11 is 3.13. The Labute approximate surface area is 94.0 Å². The minimum absolute atomic E-state index is 0.194. The maximum Gasteiger partial charge on any atom is 0.254 e. The average Bonchev–Trinajstić information content (AvgIpc) is 2.84. The van der Waals surface area contributed by atoms with Crippen LogP contribution >= 0.6 is 15.9 Å². The van der Waals surface area contributed by atoms with Crippen molar-refractivity contribution in [2.75, 3.05) is 0 Å². The Morgan fingerprint density at radius 1 is 1.67 bits per heavy atom. The van der Waals surface area contributed by atoms with Crippen molar-refractivity contribution in [2.45, 2.75) is 6.54 Å². The summed E-state index contributed by atoms with van der Waals surface area (Å²) in [6.45, 7) is 0.370. The molecule has 5 nitrogen and oxygen atoms in total. The number of aromatic amines is 1. The van der Waals surface area contributed by atoms with E-state index in [2.05, 4.69) is 31.2 Å². The fourth-order valence-corrected chi connectivity index (χ4v) is 1.43. The summed E-state index contributed by atoms with van der Waals surface area (Å²) in [6.07, 6.45) is 4.73. The number of hydrogen-bond acceptors (Lipinski definition) is 3. The minimum Gasteiger partial charge on any atom is -0.457 e. The van der Waals surface area contributed by atoms with Crippen molar-refractivity contribution in [1.82, 2.24) is 15.3 Å². The highest BCUT2D eigenvalue weighted by atomic mass is 79.9. The maximum absolute atomic E-state index is 11.5. The molecule has 2 rings (SSSR count). The Morgan fingerprint density at radius 2 is 2.53 bits per heavy atom. The van der Waals surface area contributed by atoms with E-state index in [9.17, 15) is 4.79 Å². The Bertz CT molecular complexity index is 450. The van der Waals surface area contributed by atoms with Gasteiger partial charge in [-0.05, 0) is 15.9 Å². The molecule has 0 spiro atoms. The van der Waals surface area contributed by atoms with Crippen LogP contribution in [-0.4, -0.2) is 15.9 Å². The first kappa shape index (κ1) is 9.97. The van der Waals surface area contributed by atoms with Gasteiger partial charge in [0, 0.05) is 18.5 Å². The monoisotopic (exact) mass is 269 g/mol. The van der Waals surface area contributed by atoms with Crippen LogP contribution in [0.4, 0.5) is 0 Å². The number of carbonyl (C=O) groups excluding carboxylic acids is 1. The predicted octanol–water partition coefficient (Wildman–Crippen LogP) is 1.70. The smallest absolute Gasteiger partial charge is 0.254 e. The summed E-state index contributed by atoms with van der Waals surface area (Å²) in [5.74, 6) is 0.520. The standard InChI is InChI=1S/C9H8BrN3O2/c10-7-3-6(5-15-7)9(14)13-4-8-11-1-2-12-8/h1-3,5H,4H2,(H,11,12)(H,13,14). The molecule has 0 aliphatic carbocycles. The fraction of sp³-hybridized carbons (Fsp3) is 0.111. The zero-order valence-corrected chi connectivity index (χ0v) is 9.24. The Kier molecular flexibility index (Phi) is 2.86. The molecule has 0 atom stereocenters. The highest BCUT2D eigenvalue weighted by Gasteiger charge is 2.08. The Hall–Kier alpha value is -1.56. The molecule has 0 aliphatic rings. The van der Waals surface area contributed by atoms with Crippen LogP contribution in [0.2, 0.25) is 0 Å². The number of halogens is 1. The van der Waals surface area contributed by atoms with Crippen LogP contribution in [0.25, 0.3) is 0 Å². The van der Waals surface area contributed by atoms with E-state index >= 15 is 0 Å². The lowest BCUT2D eigenvalue weighted by atomic mass is 10.3. The number of amides is 1. The first-order valence-electron chi connectivity index (χ1n) is 4.26. The molecule has 0 saturated carbocycles. The van der Waals surface area contributed by atoms with Crippen molar-refractivity contribution in [3.8, 4) is 0 Å². The number of H-pyrrole nitrogens is 1. The molecule has 2 heterocycles. The number of carbonyl (C=O) groups is 1. The summed E-state index contributed by atoms with van der Waals surface area (Å²) < 4.78 is 5.49. The van der Waals surface area contributed by atoms with Crippen LogP contribution in [0.15, 0.2) is 33.8 Å². The highest BCUT2D eigenvalue weighted by Crippen LogP contribution is 2.13. The summed E-state index contributed by atoms with van der Waals surface area (Å²) in [5.41, 5.74) is 0.480. The number of furan rings is 1. The minimum atomic E-state index is -0.194. The van der Waals surface area contributed by atoms with Crippen LogP contribution in [0.3, 0.4) is 0 Å². The lowest BCUT2D eigenvalue weighted by Gasteiger charge is -1.99. The van der Waals surface area contributed by atoms with E-state index in [0.717, 1.165) is 0 Å². The van der Waals surface area contributed by atoms with Crippen LogP contribution in [0.1, 0.15) is 16.2 Å². The van der Waals surface area contributed by atoms with Crippen LogP contribution in [0, 0.1) is 0 Å². The normalized spacial score (nSPS) is 10.2. The third-order valence-corrected chi connectivity index (χ3v) is 2.22. The Balaban J connectivity index is 1.93. The largest absolute Gasteiger partial charge is 0.457 e. The van der Waals surface area contributed by atoms with Crippen molar-refractivity contribution in [1.29, 1.82) is 0 Å². The molecule has 6 heteroatoms. The topological polar surface area (TPSA) is 70.9 Å². The van der Waals surface area contributed by atoms with E-state index in [-0.39, 0.29) is 5.91 Å². The van der Waals surface area contributed by atoms with Gasteiger partial charge in [-0.25, -0.2) is 4.98 Å². The van der Waals surface area contributed by atoms with Crippen molar-refractivity contribution >= 4 is 21.8 Å². The summed E-state index contributed by atoms with van der Waals surface area (Å²) in [4.78, 5) is 18.4. The van der Waals surface area contributed by atoms with E-state index in [1.807, 2.05) is 0 Å². The zero-order valence-electron chi connectivity index (χ0n) is 7.66. The highest BCUT2D eigenvalue weighted by molar-refractivity contribution is 9.10. The number of nitrogens with zero attached hydrogens (tertiary/aromatic N) is 1. The van der Waals surface area contributed by atoms with Crippen LogP contribution in [0.5, 0.6) is 0 Å². The van der Waals surface area contributed by atoms with E-state index < -0.39 is 0 Å². The molecule has 2 aromatic rings. The first-order valence-corrected chi connectivity index (χ1v) is 5.05. The molecule has 2 aromatic heterocycles. The lowest BCUT2D eigenvalue weighted by molar-refractivity contribution is 0.0949. The van der Waals surface area contributed by atoms with Crippen molar-refractivity contribution < 1.29 is 9.21 Å². The lowest BCUT2D eigenvalue weighted by Crippen LogP contribution is -2.22. The van der Waals surface area contributed by atoms with Crippen molar-refractivity contribution in [3.05, 3.63) is 40.8 Å². The van der Waals surface area contributed by atoms with Gasteiger partial charge in [0.2, 0.25) is 0 Å². The summed E-state index contributed by atoms with van der Waals surface area (Å²) in [6, 6.07) is 1.61. The first-order chi connectivity index (χ1) is 7.25. The van der Waals surface area contributed by atoms with Gasteiger partial charge in [-0.15, -0.1) is 0 Å². The van der Waals surface area contributed by atoms with E-state index in [0.29, 0.717) is 22.6 Å². The molecule has 0 radical (unpaired) electrons. The Morgan fingerprint density at radius 3 is 3.13 bits per heavy atom. The molecule has 0 unspecified atom stereocenters. The van der Waals surface area contributed by atoms with Gasteiger partial charge in [0.25, 0.3) is 5.91 Å². The second-order valence-corrected chi connectivity index (χ2v) is 3.64. The van der Waals surface area contributed by atoms with Gasteiger partial charge in [-0.2, -0.15) is 0 Å². The molecule has 0 fully saturated rings. The molecule has 2 N–H and O–H groups in total. The third-order valence-electron chi connectivity index (χ3n) is 1.80. The van der Waals surface area contributed by atoms with Crippen LogP contribution in [-0.2, 0) is 6.54 Å². The van der Waals surface area contributed by atoms with Gasteiger partial charge in [-0.1, -0.05) is 0 Å². The van der Waals surface area contributed by atoms with Crippen molar-refractivity contribution in [3.63, 3.8) is 0 Å². The van der Waals surface area contributed by atoms with Gasteiger partial charge >= 0.3 is 0 Å². The molecule has 0 aliphatic heterocycles. The average molecular weight is 270 g/mol. The molecular weight excluding hydrogens is 262 g/mol. The number of hydrogen-bond donors (Lipinski definition) is 2. The van der Waals surface area contributed by atoms with E-state index in [4.69, 9.17) is 4.42 Å². The van der Waals surface area contributed by atoms with Gasteiger partial charge in [-0.3, -0.25) is 4.79 Å². The SMILES string of the molecule is O=C(NCc1ncc[nH]1)c1coc(Br)c1. The summed E-state index contributed by atoms with van der Waals surface area (Å²) in [5, 5.41) is 2.70. The number of aromatic nitrogens is 2. The molecule has 0 saturated heterocycles. The van der Waals surface area contributed by atoms with Gasteiger partial charge in [0.15, 0.2) is 4.67 Å². The van der Waals surface area contributed by atoms with E-state index in [1.165, 1.54) is 6.26 Å². The molecular formula is C9H8BrN3O2. The van der Waals surface area contributed by atoms with E-state index in [1.54, 1.807) is 18.5 Å². The predicted molar refractivity (Wildman–Crippen MR) is 56.2 cm³/mol. The number of nitrogens with one attached hydrogen (secondary N) is 2. The molecule has 1 amide bonds.